The first-order valence-corrected chi connectivity index (χ1v) is 10.2. The summed E-state index contributed by atoms with van der Waals surface area (Å²) in [5.41, 5.74) is 2.26. The zero-order valence-electron chi connectivity index (χ0n) is 17.4. The molecular weight excluding hydrogens is 348 g/mol. The van der Waals surface area contributed by atoms with Crippen molar-refractivity contribution < 1.29 is 9.53 Å². The number of amides is 1. The molecule has 0 radical (unpaired) electrons. The Bertz CT molecular complexity index is 637. The molecule has 152 valence electrons. The van der Waals surface area contributed by atoms with E-state index in [1.54, 1.807) is 0 Å². The lowest BCUT2D eigenvalue weighted by molar-refractivity contribution is 0.0528. The molecular formula is C24H34N2O2. The third-order valence-electron chi connectivity index (χ3n) is 4.47. The number of carbonyl (C=O) groups excluding carboxylic acids is 1. The van der Waals surface area contributed by atoms with Gasteiger partial charge >= 0.3 is 6.09 Å². The Balaban J connectivity index is 1.78. The van der Waals surface area contributed by atoms with Crippen molar-refractivity contribution in [2.75, 3.05) is 13.1 Å². The maximum Gasteiger partial charge on any atom is 0.407 e. The van der Waals surface area contributed by atoms with Crippen LogP contribution in [0.25, 0.3) is 0 Å². The molecule has 2 rings (SSSR count). The van der Waals surface area contributed by atoms with Crippen molar-refractivity contribution in [3.63, 3.8) is 0 Å². The van der Waals surface area contributed by atoms with E-state index in [-0.39, 0.29) is 6.09 Å². The molecule has 4 nitrogen and oxygen atoms in total. The number of benzene rings is 2. The third-order valence-corrected chi connectivity index (χ3v) is 4.47. The number of nitrogens with one attached hydrogen (secondary N) is 2. The van der Waals surface area contributed by atoms with Gasteiger partial charge in [-0.25, -0.2) is 4.79 Å². The van der Waals surface area contributed by atoms with Crippen LogP contribution < -0.4 is 10.6 Å². The summed E-state index contributed by atoms with van der Waals surface area (Å²) in [6.45, 7) is 6.89. The van der Waals surface area contributed by atoms with Gasteiger partial charge in [0.25, 0.3) is 0 Å². The Morgan fingerprint density at radius 2 is 1.36 bits per heavy atom. The van der Waals surface area contributed by atoms with E-state index in [0.717, 1.165) is 32.2 Å². The first-order valence-electron chi connectivity index (χ1n) is 10.2. The van der Waals surface area contributed by atoms with Crippen LogP contribution in [0.15, 0.2) is 60.7 Å². The van der Waals surface area contributed by atoms with Crippen LogP contribution in [0.1, 0.15) is 44.7 Å². The summed E-state index contributed by atoms with van der Waals surface area (Å²) in [5.74, 6) is 0. The highest BCUT2D eigenvalue weighted by molar-refractivity contribution is 5.67. The Morgan fingerprint density at radius 1 is 0.857 bits per heavy atom. The molecule has 0 saturated heterocycles. The van der Waals surface area contributed by atoms with Crippen molar-refractivity contribution in [2.24, 2.45) is 0 Å². The minimum Gasteiger partial charge on any atom is -0.444 e. The van der Waals surface area contributed by atoms with Crippen molar-refractivity contribution in [3.8, 4) is 0 Å². The Kier molecular flexibility index (Phi) is 9.02. The van der Waals surface area contributed by atoms with E-state index in [0.29, 0.717) is 12.6 Å². The van der Waals surface area contributed by atoms with Crippen molar-refractivity contribution in [1.29, 1.82) is 0 Å². The monoisotopic (exact) mass is 382 g/mol. The molecule has 2 N–H and O–H groups in total. The summed E-state index contributed by atoms with van der Waals surface area (Å²) in [6.07, 6.45) is 3.88. The number of hydrogen-bond donors (Lipinski definition) is 2. The van der Waals surface area contributed by atoms with E-state index >= 15 is 0 Å². The van der Waals surface area contributed by atoms with Crippen LogP contribution in [0.2, 0.25) is 0 Å². The summed E-state index contributed by atoms with van der Waals surface area (Å²) < 4.78 is 5.28. The minimum absolute atomic E-state index is 0.362. The minimum atomic E-state index is -0.467. The predicted octanol–water partition coefficient (Wildman–Crippen LogP) is 4.73. The second-order valence-electron chi connectivity index (χ2n) is 8.13. The summed E-state index contributed by atoms with van der Waals surface area (Å²) in [4.78, 5) is 11.8. The fourth-order valence-electron chi connectivity index (χ4n) is 3.07. The zero-order valence-corrected chi connectivity index (χ0v) is 17.4. The molecule has 1 amide bonds. The highest BCUT2D eigenvalue weighted by Crippen LogP contribution is 2.11. The molecule has 0 heterocycles. The Morgan fingerprint density at radius 3 is 1.82 bits per heavy atom. The van der Waals surface area contributed by atoms with Gasteiger partial charge in [-0.15, -0.1) is 0 Å². The molecule has 0 bridgehead atoms. The van der Waals surface area contributed by atoms with Crippen LogP contribution in [0.3, 0.4) is 0 Å². The van der Waals surface area contributed by atoms with Crippen LogP contribution in [-0.2, 0) is 17.6 Å². The van der Waals surface area contributed by atoms with Gasteiger partial charge in [-0.2, -0.15) is 0 Å². The molecule has 0 atom stereocenters. The number of aryl methyl sites for hydroxylation is 2. The maximum absolute atomic E-state index is 11.8. The van der Waals surface area contributed by atoms with Gasteiger partial charge in [0, 0.05) is 19.1 Å². The Labute approximate surface area is 169 Å². The van der Waals surface area contributed by atoms with Gasteiger partial charge in [-0.3, -0.25) is 0 Å². The van der Waals surface area contributed by atoms with Gasteiger partial charge in [-0.1, -0.05) is 60.7 Å². The molecule has 0 aliphatic heterocycles. The first kappa shape index (κ1) is 22.0. The lowest BCUT2D eigenvalue weighted by Crippen LogP contribution is -2.39. The number of ether oxygens (including phenoxy) is 1. The molecule has 2 aromatic rings. The molecule has 0 unspecified atom stereocenters. The standard InChI is InChI=1S/C24H34N2O2/c1-24(2,3)28-23(27)26-19-18-25-22(16-14-20-10-6-4-7-11-20)17-15-21-12-8-5-9-13-21/h4-13,22,25H,14-19H2,1-3H3,(H,26,27). The lowest BCUT2D eigenvalue weighted by Gasteiger charge is -2.21. The van der Waals surface area contributed by atoms with Gasteiger partial charge in [-0.05, 0) is 57.6 Å². The summed E-state index contributed by atoms with van der Waals surface area (Å²) in [5, 5.41) is 6.43. The number of carbonyl (C=O) groups is 1. The molecule has 2 aromatic carbocycles. The van der Waals surface area contributed by atoms with Crippen LogP contribution in [0.5, 0.6) is 0 Å². The highest BCUT2D eigenvalue weighted by atomic mass is 16.6. The van der Waals surface area contributed by atoms with E-state index in [4.69, 9.17) is 4.74 Å². The largest absolute Gasteiger partial charge is 0.444 e. The zero-order chi connectivity index (χ0) is 20.2. The van der Waals surface area contributed by atoms with Gasteiger partial charge in [0.15, 0.2) is 0 Å². The van der Waals surface area contributed by atoms with Crippen LogP contribution in [-0.4, -0.2) is 30.8 Å². The van der Waals surface area contributed by atoms with Gasteiger partial charge in [0.1, 0.15) is 5.60 Å². The smallest absolute Gasteiger partial charge is 0.407 e. The summed E-state index contributed by atoms with van der Waals surface area (Å²) in [7, 11) is 0. The fraction of sp³-hybridized carbons (Fsp3) is 0.458. The molecule has 0 saturated carbocycles. The molecule has 4 heteroatoms. The van der Waals surface area contributed by atoms with Gasteiger partial charge < -0.3 is 15.4 Å². The van der Waals surface area contributed by atoms with Gasteiger partial charge in [0.05, 0.1) is 0 Å². The molecule has 0 aliphatic carbocycles. The number of alkyl carbamates (subject to hydrolysis) is 1. The van der Waals surface area contributed by atoms with E-state index in [9.17, 15) is 4.79 Å². The average Bonchev–Trinajstić information content (AvgIpc) is 2.67. The second kappa shape index (κ2) is 11.5. The fourth-order valence-corrected chi connectivity index (χ4v) is 3.07. The molecule has 0 spiro atoms. The van der Waals surface area contributed by atoms with Crippen LogP contribution in [0, 0.1) is 0 Å². The number of rotatable bonds is 10. The summed E-state index contributed by atoms with van der Waals surface area (Å²) >= 11 is 0. The topological polar surface area (TPSA) is 50.4 Å². The Hall–Kier alpha value is -2.33. The average molecular weight is 383 g/mol. The highest BCUT2D eigenvalue weighted by Gasteiger charge is 2.15. The summed E-state index contributed by atoms with van der Waals surface area (Å²) in [6, 6.07) is 21.6. The number of hydrogen-bond acceptors (Lipinski definition) is 3. The van der Waals surface area contributed by atoms with E-state index in [1.807, 2.05) is 20.8 Å². The van der Waals surface area contributed by atoms with Crippen LogP contribution >= 0.6 is 0 Å². The quantitative estimate of drug-likeness (QED) is 0.584. The molecule has 0 fully saturated rings. The first-order chi connectivity index (χ1) is 13.4. The SMILES string of the molecule is CC(C)(C)OC(=O)NCCNC(CCc1ccccc1)CCc1ccccc1. The van der Waals surface area contributed by atoms with E-state index < -0.39 is 5.60 Å². The van der Waals surface area contributed by atoms with Crippen molar-refractivity contribution >= 4 is 6.09 Å². The van der Waals surface area contributed by atoms with Crippen LogP contribution in [0.4, 0.5) is 4.79 Å². The third kappa shape index (κ3) is 9.56. The van der Waals surface area contributed by atoms with E-state index in [1.165, 1.54) is 11.1 Å². The molecule has 0 aromatic heterocycles. The predicted molar refractivity (Wildman–Crippen MR) is 116 cm³/mol. The van der Waals surface area contributed by atoms with Crippen molar-refractivity contribution in [1.82, 2.24) is 10.6 Å². The lowest BCUT2D eigenvalue weighted by atomic mass is 9.99. The van der Waals surface area contributed by atoms with Gasteiger partial charge in [0.2, 0.25) is 0 Å². The second-order valence-corrected chi connectivity index (χ2v) is 8.13. The maximum atomic E-state index is 11.8. The van der Waals surface area contributed by atoms with Crippen molar-refractivity contribution in [2.45, 2.75) is 58.1 Å². The normalized spacial score (nSPS) is 11.4. The van der Waals surface area contributed by atoms with E-state index in [2.05, 4.69) is 71.3 Å². The molecule has 28 heavy (non-hydrogen) atoms. The van der Waals surface area contributed by atoms with Crippen molar-refractivity contribution in [3.05, 3.63) is 71.8 Å². The molecule has 0 aliphatic rings.